The number of nitrogens with two attached hydrogens (primary N) is 1. The van der Waals surface area contributed by atoms with Gasteiger partial charge in [-0.15, -0.1) is 0 Å². The van der Waals surface area contributed by atoms with E-state index in [1.54, 1.807) is 0 Å². The molecule has 1 fully saturated rings. The largest absolute Gasteiger partial charge is 0.392 e. The van der Waals surface area contributed by atoms with Crippen LogP contribution in [-0.2, 0) is 6.54 Å². The number of hydrogen-bond donors (Lipinski definition) is 1. The first-order valence-corrected chi connectivity index (χ1v) is 7.57. The number of imidazole rings is 1. The highest BCUT2D eigenvalue weighted by molar-refractivity contribution is 7.80. The minimum Gasteiger partial charge on any atom is -0.392 e. The van der Waals surface area contributed by atoms with Crippen molar-refractivity contribution in [3.8, 4) is 0 Å². The van der Waals surface area contributed by atoms with Crippen LogP contribution in [0.25, 0.3) is 0 Å². The van der Waals surface area contributed by atoms with Crippen molar-refractivity contribution < 1.29 is 0 Å². The number of piperazine rings is 1. The summed E-state index contributed by atoms with van der Waals surface area (Å²) in [7, 11) is 0. The van der Waals surface area contributed by atoms with Crippen LogP contribution in [0.4, 0.5) is 0 Å². The molecule has 2 N–H and O–H groups in total. The molecule has 1 aliphatic rings. The van der Waals surface area contributed by atoms with Gasteiger partial charge in [-0.3, -0.25) is 9.80 Å². The second-order valence-corrected chi connectivity index (χ2v) is 6.36. The maximum Gasteiger partial charge on any atom is 0.105 e. The van der Waals surface area contributed by atoms with Crippen LogP contribution in [0.2, 0.25) is 0 Å². The van der Waals surface area contributed by atoms with E-state index in [2.05, 4.69) is 33.2 Å². The summed E-state index contributed by atoms with van der Waals surface area (Å²) in [6.07, 6.45) is 3.90. The summed E-state index contributed by atoms with van der Waals surface area (Å²) in [5.74, 6) is 1.08. The van der Waals surface area contributed by atoms with Crippen LogP contribution >= 0.6 is 12.2 Å². The topological polar surface area (TPSA) is 50.3 Å². The molecule has 112 valence electrons. The van der Waals surface area contributed by atoms with Gasteiger partial charge in [-0.1, -0.05) is 12.2 Å². The maximum absolute atomic E-state index is 5.84. The second-order valence-electron chi connectivity index (χ2n) is 5.92. The maximum atomic E-state index is 5.84. The Balaban J connectivity index is 1.80. The van der Waals surface area contributed by atoms with Crippen molar-refractivity contribution in [1.29, 1.82) is 0 Å². The number of nitrogens with zero attached hydrogens (tertiary/aromatic N) is 4. The van der Waals surface area contributed by atoms with Crippen LogP contribution in [0, 0.1) is 6.92 Å². The Morgan fingerprint density at radius 2 is 1.95 bits per heavy atom. The zero-order chi connectivity index (χ0) is 14.8. The summed E-state index contributed by atoms with van der Waals surface area (Å²) >= 11 is 5.17. The zero-order valence-electron chi connectivity index (χ0n) is 12.7. The van der Waals surface area contributed by atoms with Crippen LogP contribution in [0.3, 0.4) is 0 Å². The summed E-state index contributed by atoms with van der Waals surface area (Å²) < 4.78 is 2.20. The minimum atomic E-state index is -0.178. The third-order valence-corrected chi connectivity index (χ3v) is 4.85. The first-order valence-electron chi connectivity index (χ1n) is 7.16. The highest BCUT2D eigenvalue weighted by Gasteiger charge is 2.32. The Labute approximate surface area is 126 Å². The van der Waals surface area contributed by atoms with Gasteiger partial charge in [-0.25, -0.2) is 4.98 Å². The molecule has 0 spiro atoms. The monoisotopic (exact) mass is 295 g/mol. The fraction of sp³-hybridized carbons (Fsp3) is 0.714. The van der Waals surface area contributed by atoms with E-state index in [9.17, 15) is 0 Å². The van der Waals surface area contributed by atoms with Gasteiger partial charge < -0.3 is 10.3 Å². The molecule has 0 aromatic carbocycles. The van der Waals surface area contributed by atoms with Gasteiger partial charge in [0.2, 0.25) is 0 Å². The zero-order valence-corrected chi connectivity index (χ0v) is 13.5. The average molecular weight is 295 g/mol. The lowest BCUT2D eigenvalue weighted by atomic mass is 10.0. The summed E-state index contributed by atoms with van der Waals surface area (Å²) in [5, 5.41) is 0. The minimum absolute atomic E-state index is 0.178. The van der Waals surface area contributed by atoms with E-state index >= 15 is 0 Å². The van der Waals surface area contributed by atoms with Crippen molar-refractivity contribution in [2.24, 2.45) is 5.73 Å². The van der Waals surface area contributed by atoms with Gasteiger partial charge in [0.15, 0.2) is 0 Å². The highest BCUT2D eigenvalue weighted by atomic mass is 32.1. The molecule has 5 nitrogen and oxygen atoms in total. The Bertz CT molecular complexity index is 460. The van der Waals surface area contributed by atoms with Crippen molar-refractivity contribution in [3.05, 3.63) is 18.2 Å². The molecule has 0 radical (unpaired) electrons. The molecular weight excluding hydrogens is 270 g/mol. The molecule has 6 heteroatoms. The van der Waals surface area contributed by atoms with Crippen molar-refractivity contribution >= 4 is 17.2 Å². The summed E-state index contributed by atoms with van der Waals surface area (Å²) in [4.78, 5) is 9.71. The van der Waals surface area contributed by atoms with E-state index in [1.807, 2.05) is 19.3 Å². The van der Waals surface area contributed by atoms with Gasteiger partial charge >= 0.3 is 0 Å². The third kappa shape index (κ3) is 3.37. The molecular formula is C14H25N5S. The normalized spacial score (nSPS) is 18.4. The van der Waals surface area contributed by atoms with Gasteiger partial charge in [0.25, 0.3) is 0 Å². The van der Waals surface area contributed by atoms with Crippen LogP contribution in [0.5, 0.6) is 0 Å². The van der Waals surface area contributed by atoms with Crippen LogP contribution in [-0.4, -0.2) is 62.6 Å². The number of thiocarbonyl (C=S) groups is 1. The van der Waals surface area contributed by atoms with E-state index in [1.165, 1.54) is 0 Å². The lowest BCUT2D eigenvalue weighted by Crippen LogP contribution is -2.59. The Morgan fingerprint density at radius 1 is 1.30 bits per heavy atom. The first kappa shape index (κ1) is 15.4. The molecule has 20 heavy (non-hydrogen) atoms. The lowest BCUT2D eigenvalue weighted by Gasteiger charge is -2.43. The number of aromatic nitrogens is 2. The van der Waals surface area contributed by atoms with E-state index in [0.717, 1.165) is 45.1 Å². The molecule has 0 saturated carbocycles. The van der Waals surface area contributed by atoms with Gasteiger partial charge in [-0.05, 0) is 20.8 Å². The molecule has 1 aliphatic heterocycles. The Hall–Kier alpha value is -0.980. The molecule has 1 saturated heterocycles. The molecule has 1 aromatic heterocycles. The molecule has 1 aromatic rings. The summed E-state index contributed by atoms with van der Waals surface area (Å²) in [5.41, 5.74) is 5.66. The van der Waals surface area contributed by atoms with Crippen molar-refractivity contribution in [2.75, 3.05) is 32.7 Å². The van der Waals surface area contributed by atoms with Gasteiger partial charge in [0.1, 0.15) is 5.82 Å². The Kier molecular flexibility index (Phi) is 4.78. The first-order chi connectivity index (χ1) is 9.41. The van der Waals surface area contributed by atoms with Crippen LogP contribution < -0.4 is 5.73 Å². The van der Waals surface area contributed by atoms with E-state index in [4.69, 9.17) is 18.0 Å². The summed E-state index contributed by atoms with van der Waals surface area (Å²) in [6, 6.07) is 0. The molecule has 0 aliphatic carbocycles. The van der Waals surface area contributed by atoms with E-state index < -0.39 is 0 Å². The summed E-state index contributed by atoms with van der Waals surface area (Å²) in [6.45, 7) is 12.5. The standard InChI is InChI=1S/C14H25N5S/c1-12-16-4-5-18(12)9-6-17-7-10-19(11-8-17)14(2,3)13(15)20/h4-5H,6-11H2,1-3H3,(H2,15,20). The number of aryl methyl sites for hydroxylation is 1. The fourth-order valence-electron chi connectivity index (χ4n) is 2.58. The van der Waals surface area contributed by atoms with Crippen molar-refractivity contribution in [1.82, 2.24) is 19.4 Å². The highest BCUT2D eigenvalue weighted by Crippen LogP contribution is 2.17. The van der Waals surface area contributed by atoms with Crippen LogP contribution in [0.1, 0.15) is 19.7 Å². The predicted molar refractivity (Wildman–Crippen MR) is 85.8 cm³/mol. The van der Waals surface area contributed by atoms with E-state index in [0.29, 0.717) is 4.99 Å². The smallest absolute Gasteiger partial charge is 0.105 e. The number of hydrogen-bond acceptors (Lipinski definition) is 4. The molecule has 0 amide bonds. The SMILES string of the molecule is Cc1nccn1CCN1CCN(C(C)(C)C(N)=S)CC1. The average Bonchev–Trinajstić information content (AvgIpc) is 2.82. The molecule has 2 rings (SSSR count). The lowest BCUT2D eigenvalue weighted by molar-refractivity contribution is 0.0840. The Morgan fingerprint density at radius 3 is 2.45 bits per heavy atom. The second kappa shape index (κ2) is 6.20. The fourth-order valence-corrected chi connectivity index (χ4v) is 2.70. The molecule has 0 atom stereocenters. The predicted octanol–water partition coefficient (Wildman–Crippen LogP) is 0.874. The quantitative estimate of drug-likeness (QED) is 0.817. The van der Waals surface area contributed by atoms with E-state index in [-0.39, 0.29) is 5.54 Å². The van der Waals surface area contributed by atoms with Gasteiger partial charge in [-0.2, -0.15) is 0 Å². The van der Waals surface area contributed by atoms with Gasteiger partial charge in [0.05, 0.1) is 10.5 Å². The number of rotatable bonds is 5. The third-order valence-electron chi connectivity index (χ3n) is 4.35. The van der Waals surface area contributed by atoms with Gasteiger partial charge in [0, 0.05) is 51.7 Å². The van der Waals surface area contributed by atoms with Crippen molar-refractivity contribution in [3.63, 3.8) is 0 Å². The molecule has 2 heterocycles. The molecule has 0 unspecified atom stereocenters. The van der Waals surface area contributed by atoms with Crippen LogP contribution in [0.15, 0.2) is 12.4 Å². The van der Waals surface area contributed by atoms with Crippen molar-refractivity contribution in [2.45, 2.75) is 32.9 Å². The molecule has 0 bridgehead atoms.